The van der Waals surface area contributed by atoms with Crippen LogP contribution in [-0.2, 0) is 0 Å². The fourth-order valence-electron chi connectivity index (χ4n) is 4.45. The number of amidine groups is 1. The molecule has 1 heterocycles. The van der Waals surface area contributed by atoms with E-state index in [1.54, 1.807) is 7.11 Å². The molecule has 1 fully saturated rings. The lowest BCUT2D eigenvalue weighted by Gasteiger charge is -2.30. The summed E-state index contributed by atoms with van der Waals surface area (Å²) >= 11 is 0. The monoisotopic (exact) mass is 560 g/mol. The van der Waals surface area contributed by atoms with Crippen molar-refractivity contribution in [1.29, 1.82) is 0 Å². The zero-order valence-corrected chi connectivity index (χ0v) is 24.0. The molecule has 2 aromatic carbocycles. The highest BCUT2D eigenvalue weighted by Crippen LogP contribution is 2.28. The largest absolute Gasteiger partial charge is 0.497 e. The number of carbonyl (C=O) groups excluding carboxylic acids is 1. The zero-order chi connectivity index (χ0) is 25.7. The molecule has 1 amide bonds. The van der Waals surface area contributed by atoms with Gasteiger partial charge < -0.3 is 21.1 Å². The minimum absolute atomic E-state index is 0. The van der Waals surface area contributed by atoms with Crippen LogP contribution in [0.15, 0.2) is 47.5 Å². The smallest absolute Gasteiger partial charge is 0.289 e. The number of hydrogen-bond donors (Lipinski definition) is 3. The van der Waals surface area contributed by atoms with Crippen molar-refractivity contribution in [1.82, 2.24) is 15.3 Å². The first kappa shape index (κ1) is 31.1. The molecule has 1 aliphatic rings. The number of nitrogens with two attached hydrogens (primary N) is 1. The van der Waals surface area contributed by atoms with Gasteiger partial charge in [0.1, 0.15) is 17.4 Å². The number of anilines is 1. The van der Waals surface area contributed by atoms with Gasteiger partial charge in [0.15, 0.2) is 0 Å². The Balaban J connectivity index is 0.00000253. The van der Waals surface area contributed by atoms with E-state index in [1.807, 2.05) is 43.3 Å². The second-order valence-electron chi connectivity index (χ2n) is 9.87. The maximum absolute atomic E-state index is 12.8. The summed E-state index contributed by atoms with van der Waals surface area (Å²) in [6.07, 6.45) is 4.05. The minimum Gasteiger partial charge on any atom is -0.497 e. The zero-order valence-electron chi connectivity index (χ0n) is 22.4. The van der Waals surface area contributed by atoms with Crippen LogP contribution < -0.4 is 21.1 Å². The van der Waals surface area contributed by atoms with Crippen LogP contribution >= 0.6 is 24.8 Å². The van der Waals surface area contributed by atoms with Crippen LogP contribution in [0.5, 0.6) is 5.75 Å². The third kappa shape index (κ3) is 7.71. The molecule has 1 saturated carbocycles. The highest BCUT2D eigenvalue weighted by Gasteiger charge is 2.27. The summed E-state index contributed by atoms with van der Waals surface area (Å²) in [5.41, 5.74) is 9.12. The number of amides is 1. The van der Waals surface area contributed by atoms with Crippen molar-refractivity contribution >= 4 is 53.3 Å². The predicted molar refractivity (Wildman–Crippen MR) is 159 cm³/mol. The summed E-state index contributed by atoms with van der Waals surface area (Å²) in [6.45, 7) is 6.72. The predicted octanol–water partition coefficient (Wildman–Crippen LogP) is 5.30. The number of benzene rings is 2. The van der Waals surface area contributed by atoms with Gasteiger partial charge in [-0.3, -0.25) is 9.79 Å². The van der Waals surface area contributed by atoms with E-state index in [-0.39, 0.29) is 48.6 Å². The average molecular weight is 562 g/mol. The standard InChI is InChI=1S/C28H36N6O2.2ClH/c1-17(2)16-30-28(35)27-32-22-14-9-18(3)15-21(22)26(34-27)33-24-8-6-5-7-23(24)31-25(29)19-10-12-20(36-4)13-11-19;;/h9-15,17,23-24H,5-8,16H2,1-4H3,(H2,29,31)(H,30,35)(H,32,33,34);2*1H/t23-,24+;;/m1../s1. The van der Waals surface area contributed by atoms with Crippen LogP contribution in [0.25, 0.3) is 10.9 Å². The van der Waals surface area contributed by atoms with Crippen LogP contribution in [0.1, 0.15) is 61.3 Å². The number of halogens is 2. The topological polar surface area (TPSA) is 115 Å². The molecular formula is C28H38Cl2N6O2. The van der Waals surface area contributed by atoms with Gasteiger partial charge in [0.2, 0.25) is 5.82 Å². The van der Waals surface area contributed by atoms with E-state index in [1.165, 1.54) is 0 Å². The molecule has 206 valence electrons. The number of fused-ring (bicyclic) bond motifs is 1. The molecule has 0 saturated heterocycles. The Morgan fingerprint density at radius 1 is 1.11 bits per heavy atom. The molecule has 8 nitrogen and oxygen atoms in total. The van der Waals surface area contributed by atoms with Gasteiger partial charge in [-0.15, -0.1) is 24.8 Å². The molecule has 0 unspecified atom stereocenters. The van der Waals surface area contributed by atoms with Gasteiger partial charge >= 0.3 is 0 Å². The van der Waals surface area contributed by atoms with E-state index < -0.39 is 0 Å². The molecule has 1 aliphatic carbocycles. The van der Waals surface area contributed by atoms with Crippen molar-refractivity contribution in [3.05, 3.63) is 59.4 Å². The molecule has 0 aliphatic heterocycles. The fraction of sp³-hybridized carbons (Fsp3) is 0.429. The molecule has 4 rings (SSSR count). The van der Waals surface area contributed by atoms with E-state index in [0.29, 0.717) is 24.1 Å². The number of methoxy groups -OCH3 is 1. The molecule has 0 radical (unpaired) electrons. The summed E-state index contributed by atoms with van der Waals surface area (Å²) in [5.74, 6) is 2.19. The molecular weight excluding hydrogens is 523 g/mol. The van der Waals surface area contributed by atoms with Gasteiger partial charge in [-0.05, 0) is 62.1 Å². The van der Waals surface area contributed by atoms with Gasteiger partial charge in [0.25, 0.3) is 5.91 Å². The number of rotatable bonds is 8. The summed E-state index contributed by atoms with van der Waals surface area (Å²) in [4.78, 5) is 26.9. The number of nitrogens with one attached hydrogen (secondary N) is 2. The summed E-state index contributed by atoms with van der Waals surface area (Å²) < 4.78 is 5.25. The van der Waals surface area contributed by atoms with Crippen molar-refractivity contribution in [3.63, 3.8) is 0 Å². The number of aryl methyl sites for hydroxylation is 1. The lowest BCUT2D eigenvalue weighted by atomic mass is 9.90. The average Bonchev–Trinajstić information content (AvgIpc) is 2.88. The molecule has 38 heavy (non-hydrogen) atoms. The number of aliphatic imine (C=N–C) groups is 1. The lowest BCUT2D eigenvalue weighted by Crippen LogP contribution is -2.37. The number of hydrogen-bond acceptors (Lipinski definition) is 6. The van der Waals surface area contributed by atoms with Crippen LogP contribution in [0.3, 0.4) is 0 Å². The van der Waals surface area contributed by atoms with E-state index in [2.05, 4.69) is 40.5 Å². The van der Waals surface area contributed by atoms with Crippen molar-refractivity contribution < 1.29 is 9.53 Å². The molecule has 0 spiro atoms. The summed E-state index contributed by atoms with van der Waals surface area (Å²) in [7, 11) is 1.64. The van der Waals surface area contributed by atoms with Crippen molar-refractivity contribution in [3.8, 4) is 5.75 Å². The van der Waals surface area contributed by atoms with Gasteiger partial charge in [0, 0.05) is 23.5 Å². The summed E-state index contributed by atoms with van der Waals surface area (Å²) in [5, 5.41) is 7.45. The Morgan fingerprint density at radius 2 is 1.82 bits per heavy atom. The third-order valence-corrected chi connectivity index (χ3v) is 6.47. The van der Waals surface area contributed by atoms with Crippen molar-refractivity contribution in [2.45, 2.75) is 58.5 Å². The molecule has 1 aromatic heterocycles. The Kier molecular flexibility index (Phi) is 11.6. The van der Waals surface area contributed by atoms with Gasteiger partial charge in [-0.1, -0.05) is 38.3 Å². The van der Waals surface area contributed by atoms with E-state index in [9.17, 15) is 4.79 Å². The Labute approximate surface area is 237 Å². The first-order chi connectivity index (χ1) is 17.3. The van der Waals surface area contributed by atoms with Gasteiger partial charge in [-0.25, -0.2) is 9.97 Å². The van der Waals surface area contributed by atoms with Crippen LogP contribution in [-0.4, -0.2) is 47.4 Å². The second-order valence-corrected chi connectivity index (χ2v) is 9.87. The highest BCUT2D eigenvalue weighted by atomic mass is 35.5. The molecule has 10 heteroatoms. The minimum atomic E-state index is -0.267. The SMILES string of the molecule is COc1ccc(C(N)=N[C@@H]2CCCC[C@@H]2Nc2nc(C(=O)NCC(C)C)nc3ccc(C)cc23)cc1.Cl.Cl. The number of nitrogens with zero attached hydrogens (tertiary/aromatic N) is 3. The molecule has 2 atom stereocenters. The molecule has 4 N–H and O–H groups in total. The molecule has 0 bridgehead atoms. The summed E-state index contributed by atoms with van der Waals surface area (Å²) in [6, 6.07) is 13.6. The van der Waals surface area contributed by atoms with Crippen molar-refractivity contribution in [2.24, 2.45) is 16.6 Å². The first-order valence-corrected chi connectivity index (χ1v) is 12.6. The normalized spacial score (nSPS) is 17.3. The van der Waals surface area contributed by atoms with E-state index in [0.717, 1.165) is 53.5 Å². The maximum atomic E-state index is 12.8. The second kappa shape index (κ2) is 14.2. The van der Waals surface area contributed by atoms with Crippen molar-refractivity contribution in [2.75, 3.05) is 19.0 Å². The highest BCUT2D eigenvalue weighted by molar-refractivity contribution is 5.98. The quantitative estimate of drug-likeness (QED) is 0.254. The lowest BCUT2D eigenvalue weighted by molar-refractivity contribution is 0.0939. The van der Waals surface area contributed by atoms with Gasteiger partial charge in [-0.2, -0.15) is 0 Å². The Bertz CT molecular complexity index is 1250. The van der Waals surface area contributed by atoms with Gasteiger partial charge in [0.05, 0.1) is 18.7 Å². The number of carbonyl (C=O) groups is 1. The maximum Gasteiger partial charge on any atom is 0.289 e. The number of ether oxygens (including phenoxy) is 1. The Morgan fingerprint density at radius 3 is 2.50 bits per heavy atom. The first-order valence-electron chi connectivity index (χ1n) is 12.6. The van der Waals surface area contributed by atoms with Crippen LogP contribution in [0.4, 0.5) is 5.82 Å². The Hall–Kier alpha value is -3.10. The van der Waals surface area contributed by atoms with Crippen LogP contribution in [0.2, 0.25) is 0 Å². The number of aromatic nitrogens is 2. The van der Waals surface area contributed by atoms with Crippen LogP contribution in [0, 0.1) is 12.8 Å². The third-order valence-electron chi connectivity index (χ3n) is 6.47. The van der Waals surface area contributed by atoms with E-state index in [4.69, 9.17) is 15.5 Å². The molecule has 3 aromatic rings. The fourth-order valence-corrected chi connectivity index (χ4v) is 4.45. The van der Waals surface area contributed by atoms with E-state index >= 15 is 0 Å².